The van der Waals surface area contributed by atoms with E-state index in [1.165, 1.54) is 0 Å². The van der Waals surface area contributed by atoms with Crippen molar-refractivity contribution in [3.05, 3.63) is 0 Å². The summed E-state index contributed by atoms with van der Waals surface area (Å²) in [4.78, 5) is 11.6. The highest BCUT2D eigenvalue weighted by atomic mass is 32.2. The Balaban J connectivity index is 1.67. The standard InChI is InChI=1S/C11H19NO4S/c13-11(4-3-10-2-1-6-16-10)12-9-5-7-17(14,15)8-9/h9-10H,1-8H2,(H,12,13)/t9-,10+/m0/s1. The van der Waals surface area contributed by atoms with Gasteiger partial charge < -0.3 is 10.1 Å². The molecule has 1 amide bonds. The summed E-state index contributed by atoms with van der Waals surface area (Å²) < 4.78 is 27.9. The zero-order valence-electron chi connectivity index (χ0n) is 9.85. The average Bonchev–Trinajstić information content (AvgIpc) is 2.85. The van der Waals surface area contributed by atoms with E-state index in [9.17, 15) is 13.2 Å². The number of amides is 1. The predicted octanol–water partition coefficient (Wildman–Crippen LogP) is 0.249. The number of hydrogen-bond acceptors (Lipinski definition) is 4. The van der Waals surface area contributed by atoms with Gasteiger partial charge in [-0.3, -0.25) is 4.79 Å². The SMILES string of the molecule is O=C(CC[C@H]1CCCO1)N[C@H]1CCS(=O)(=O)C1. The Morgan fingerprint density at radius 2 is 2.18 bits per heavy atom. The van der Waals surface area contributed by atoms with Gasteiger partial charge in [0.2, 0.25) is 5.91 Å². The van der Waals surface area contributed by atoms with Crippen LogP contribution in [0.3, 0.4) is 0 Å². The number of rotatable bonds is 4. The third kappa shape index (κ3) is 3.96. The summed E-state index contributed by atoms with van der Waals surface area (Å²) >= 11 is 0. The molecule has 0 aliphatic carbocycles. The molecule has 6 heteroatoms. The first-order valence-electron chi connectivity index (χ1n) is 6.16. The van der Waals surface area contributed by atoms with Crippen LogP contribution >= 0.6 is 0 Å². The minimum absolute atomic E-state index is 0.0531. The van der Waals surface area contributed by atoms with Gasteiger partial charge in [0, 0.05) is 19.1 Å². The van der Waals surface area contributed by atoms with Gasteiger partial charge in [0.15, 0.2) is 9.84 Å². The third-order valence-electron chi connectivity index (χ3n) is 3.31. The van der Waals surface area contributed by atoms with E-state index in [2.05, 4.69) is 5.32 Å². The molecule has 1 N–H and O–H groups in total. The second-order valence-corrected chi connectivity index (χ2v) is 7.07. The van der Waals surface area contributed by atoms with Gasteiger partial charge in [-0.15, -0.1) is 0 Å². The predicted molar refractivity (Wildman–Crippen MR) is 63.4 cm³/mol. The molecular weight excluding hydrogens is 242 g/mol. The Hall–Kier alpha value is -0.620. The van der Waals surface area contributed by atoms with Gasteiger partial charge in [-0.05, 0) is 25.7 Å². The molecule has 0 aromatic rings. The lowest BCUT2D eigenvalue weighted by Gasteiger charge is -2.12. The number of nitrogens with one attached hydrogen (secondary N) is 1. The molecule has 0 spiro atoms. The minimum atomic E-state index is -2.91. The highest BCUT2D eigenvalue weighted by molar-refractivity contribution is 7.91. The highest BCUT2D eigenvalue weighted by Gasteiger charge is 2.29. The Morgan fingerprint density at radius 3 is 2.76 bits per heavy atom. The van der Waals surface area contributed by atoms with E-state index in [4.69, 9.17) is 4.74 Å². The second kappa shape index (κ2) is 5.35. The van der Waals surface area contributed by atoms with Crippen LogP contribution in [-0.2, 0) is 19.4 Å². The van der Waals surface area contributed by atoms with Crippen molar-refractivity contribution in [2.45, 2.75) is 44.2 Å². The normalized spacial score (nSPS) is 31.5. The highest BCUT2D eigenvalue weighted by Crippen LogP contribution is 2.17. The van der Waals surface area contributed by atoms with Gasteiger partial charge in [-0.25, -0.2) is 8.42 Å². The van der Waals surface area contributed by atoms with Gasteiger partial charge in [0.1, 0.15) is 0 Å². The maximum Gasteiger partial charge on any atom is 0.220 e. The molecule has 17 heavy (non-hydrogen) atoms. The largest absolute Gasteiger partial charge is 0.378 e. The summed E-state index contributed by atoms with van der Waals surface area (Å²) in [5.74, 6) is 0.241. The van der Waals surface area contributed by atoms with Crippen LogP contribution in [0.1, 0.15) is 32.1 Å². The summed E-state index contributed by atoms with van der Waals surface area (Å²) in [5, 5.41) is 2.78. The Morgan fingerprint density at radius 1 is 1.35 bits per heavy atom. The van der Waals surface area contributed by atoms with Gasteiger partial charge in [-0.1, -0.05) is 0 Å². The van der Waals surface area contributed by atoms with Gasteiger partial charge in [0.25, 0.3) is 0 Å². The smallest absolute Gasteiger partial charge is 0.220 e. The molecule has 0 saturated carbocycles. The van der Waals surface area contributed by atoms with E-state index in [1.807, 2.05) is 0 Å². The molecule has 2 atom stereocenters. The second-order valence-electron chi connectivity index (χ2n) is 4.84. The van der Waals surface area contributed by atoms with E-state index >= 15 is 0 Å². The molecule has 0 aromatic carbocycles. The van der Waals surface area contributed by atoms with E-state index in [-0.39, 0.29) is 29.6 Å². The van der Waals surface area contributed by atoms with Crippen molar-refractivity contribution >= 4 is 15.7 Å². The van der Waals surface area contributed by atoms with Crippen molar-refractivity contribution < 1.29 is 17.9 Å². The molecule has 2 aliphatic heterocycles. The van der Waals surface area contributed by atoms with E-state index < -0.39 is 9.84 Å². The number of ether oxygens (including phenoxy) is 1. The van der Waals surface area contributed by atoms with Crippen LogP contribution in [0, 0.1) is 0 Å². The molecule has 2 heterocycles. The molecule has 2 aliphatic rings. The Kier molecular flexibility index (Phi) is 4.04. The lowest BCUT2D eigenvalue weighted by Crippen LogP contribution is -2.35. The first-order valence-corrected chi connectivity index (χ1v) is 7.99. The summed E-state index contributed by atoms with van der Waals surface area (Å²) in [7, 11) is -2.91. The van der Waals surface area contributed by atoms with Gasteiger partial charge in [0.05, 0.1) is 17.6 Å². The Labute approximate surface area is 102 Å². The van der Waals surface area contributed by atoms with Crippen molar-refractivity contribution in [3.8, 4) is 0 Å². The number of carbonyl (C=O) groups excluding carboxylic acids is 1. The molecule has 2 saturated heterocycles. The van der Waals surface area contributed by atoms with Crippen LogP contribution < -0.4 is 5.32 Å². The minimum Gasteiger partial charge on any atom is -0.378 e. The Bertz CT molecular complexity index is 373. The lowest BCUT2D eigenvalue weighted by atomic mass is 10.1. The lowest BCUT2D eigenvalue weighted by molar-refractivity contribution is -0.122. The van der Waals surface area contributed by atoms with Gasteiger partial charge in [-0.2, -0.15) is 0 Å². The van der Waals surface area contributed by atoms with Crippen LogP contribution in [0.25, 0.3) is 0 Å². The van der Waals surface area contributed by atoms with Crippen LogP contribution in [0.15, 0.2) is 0 Å². The van der Waals surface area contributed by atoms with Crippen LogP contribution in [-0.4, -0.2) is 44.6 Å². The molecule has 2 fully saturated rings. The molecule has 0 unspecified atom stereocenters. The van der Waals surface area contributed by atoms with Gasteiger partial charge >= 0.3 is 0 Å². The molecular formula is C11H19NO4S. The van der Waals surface area contributed by atoms with E-state index in [0.717, 1.165) is 25.9 Å². The topological polar surface area (TPSA) is 72.5 Å². The zero-order chi connectivity index (χ0) is 12.3. The van der Waals surface area contributed by atoms with Crippen molar-refractivity contribution in [2.75, 3.05) is 18.1 Å². The number of sulfone groups is 1. The monoisotopic (exact) mass is 261 g/mol. The number of carbonyl (C=O) groups is 1. The fourth-order valence-electron chi connectivity index (χ4n) is 2.37. The summed E-state index contributed by atoms with van der Waals surface area (Å²) in [6, 6.07) is -0.183. The molecule has 0 radical (unpaired) electrons. The average molecular weight is 261 g/mol. The quantitative estimate of drug-likeness (QED) is 0.787. The summed E-state index contributed by atoms with van der Waals surface area (Å²) in [6.45, 7) is 0.799. The maximum atomic E-state index is 11.6. The maximum absolute atomic E-state index is 11.6. The fourth-order valence-corrected chi connectivity index (χ4v) is 4.05. The first kappa shape index (κ1) is 12.8. The van der Waals surface area contributed by atoms with E-state index in [1.54, 1.807) is 0 Å². The molecule has 0 aromatic heterocycles. The molecule has 2 rings (SSSR count). The third-order valence-corrected chi connectivity index (χ3v) is 5.08. The van der Waals surface area contributed by atoms with Crippen LogP contribution in [0.4, 0.5) is 0 Å². The summed E-state index contributed by atoms with van der Waals surface area (Å²) in [6.07, 6.45) is 4.05. The van der Waals surface area contributed by atoms with E-state index in [0.29, 0.717) is 12.8 Å². The molecule has 0 bridgehead atoms. The van der Waals surface area contributed by atoms with Crippen molar-refractivity contribution in [2.24, 2.45) is 0 Å². The van der Waals surface area contributed by atoms with Crippen molar-refractivity contribution in [1.82, 2.24) is 5.32 Å². The van der Waals surface area contributed by atoms with Crippen molar-refractivity contribution in [3.63, 3.8) is 0 Å². The molecule has 5 nitrogen and oxygen atoms in total. The fraction of sp³-hybridized carbons (Fsp3) is 0.909. The van der Waals surface area contributed by atoms with Crippen LogP contribution in [0.5, 0.6) is 0 Å². The van der Waals surface area contributed by atoms with Crippen molar-refractivity contribution in [1.29, 1.82) is 0 Å². The van der Waals surface area contributed by atoms with Crippen LogP contribution in [0.2, 0.25) is 0 Å². The molecule has 98 valence electrons. The number of hydrogen-bond donors (Lipinski definition) is 1. The first-order chi connectivity index (χ1) is 8.05. The summed E-state index contributed by atoms with van der Waals surface area (Å²) in [5.41, 5.74) is 0. The zero-order valence-corrected chi connectivity index (χ0v) is 10.7.